The first-order chi connectivity index (χ1) is 11.4. The van der Waals surface area contributed by atoms with Gasteiger partial charge in [-0.1, -0.05) is 30.7 Å². The predicted octanol–water partition coefficient (Wildman–Crippen LogP) is 2.47. The van der Waals surface area contributed by atoms with Gasteiger partial charge in [0, 0.05) is 31.8 Å². The predicted molar refractivity (Wildman–Crippen MR) is 92.4 cm³/mol. The van der Waals surface area contributed by atoms with Gasteiger partial charge >= 0.3 is 0 Å². The lowest BCUT2D eigenvalue weighted by atomic mass is 9.94. The largest absolute Gasteiger partial charge is 0.379 e. The Morgan fingerprint density at radius 3 is 2.78 bits per heavy atom. The van der Waals surface area contributed by atoms with Crippen molar-refractivity contribution < 1.29 is 9.47 Å². The highest BCUT2D eigenvalue weighted by molar-refractivity contribution is 5.22. The molecule has 23 heavy (non-hydrogen) atoms. The summed E-state index contributed by atoms with van der Waals surface area (Å²) in [6.07, 6.45) is 3.92. The molecular formula is C19H30N2O2. The number of benzene rings is 1. The number of nitrogens with one attached hydrogen (secondary N) is 2. The van der Waals surface area contributed by atoms with E-state index in [-0.39, 0.29) is 0 Å². The minimum absolute atomic E-state index is 0.525. The molecular weight excluding hydrogens is 288 g/mol. The van der Waals surface area contributed by atoms with E-state index in [0.29, 0.717) is 24.6 Å². The van der Waals surface area contributed by atoms with Crippen LogP contribution in [-0.4, -0.2) is 38.4 Å². The van der Waals surface area contributed by atoms with Crippen LogP contribution in [0.25, 0.3) is 0 Å². The summed E-state index contributed by atoms with van der Waals surface area (Å²) in [6, 6.07) is 9.92. The molecule has 2 fully saturated rings. The molecule has 0 aromatic heterocycles. The fraction of sp³-hybridized carbons (Fsp3) is 0.684. The molecule has 3 unspecified atom stereocenters. The highest BCUT2D eigenvalue weighted by Crippen LogP contribution is 2.29. The van der Waals surface area contributed by atoms with Gasteiger partial charge in [0.1, 0.15) is 0 Å². The van der Waals surface area contributed by atoms with Crippen molar-refractivity contribution in [2.24, 2.45) is 5.92 Å². The molecule has 1 saturated carbocycles. The van der Waals surface area contributed by atoms with E-state index < -0.39 is 0 Å². The minimum atomic E-state index is 0.525. The van der Waals surface area contributed by atoms with Crippen LogP contribution in [-0.2, 0) is 22.6 Å². The number of rotatable bonds is 7. The van der Waals surface area contributed by atoms with Crippen LogP contribution >= 0.6 is 0 Å². The fourth-order valence-corrected chi connectivity index (χ4v) is 3.81. The average Bonchev–Trinajstić information content (AvgIpc) is 3.08. The summed E-state index contributed by atoms with van der Waals surface area (Å²) in [5.41, 5.74) is 2.60. The molecule has 3 atom stereocenters. The second-order valence-corrected chi connectivity index (χ2v) is 6.67. The van der Waals surface area contributed by atoms with Gasteiger partial charge < -0.3 is 20.1 Å². The molecule has 0 bridgehead atoms. The summed E-state index contributed by atoms with van der Waals surface area (Å²) in [4.78, 5) is 0. The molecule has 1 aromatic rings. The van der Waals surface area contributed by atoms with Gasteiger partial charge in [0.05, 0.1) is 19.8 Å². The highest BCUT2D eigenvalue weighted by Gasteiger charge is 2.34. The molecule has 1 aliphatic carbocycles. The van der Waals surface area contributed by atoms with Gasteiger partial charge in [-0.15, -0.1) is 0 Å². The zero-order valence-corrected chi connectivity index (χ0v) is 14.2. The first-order valence-electron chi connectivity index (χ1n) is 9.07. The van der Waals surface area contributed by atoms with Crippen molar-refractivity contribution in [3.63, 3.8) is 0 Å². The molecule has 2 N–H and O–H groups in total. The molecule has 1 heterocycles. The maximum atomic E-state index is 5.65. The number of hydrogen-bond acceptors (Lipinski definition) is 4. The van der Waals surface area contributed by atoms with Gasteiger partial charge in [-0.25, -0.2) is 0 Å². The molecule has 0 spiro atoms. The lowest BCUT2D eigenvalue weighted by molar-refractivity contribution is 0.0524. The van der Waals surface area contributed by atoms with Gasteiger partial charge in [0.15, 0.2) is 0 Å². The van der Waals surface area contributed by atoms with Crippen LogP contribution < -0.4 is 10.6 Å². The molecule has 128 valence electrons. The molecule has 4 nitrogen and oxygen atoms in total. The first kappa shape index (κ1) is 16.9. The molecule has 1 aromatic carbocycles. The molecule has 1 saturated heterocycles. The summed E-state index contributed by atoms with van der Waals surface area (Å²) < 4.78 is 11.1. The number of morpholine rings is 1. The van der Waals surface area contributed by atoms with Crippen LogP contribution in [0.5, 0.6) is 0 Å². The van der Waals surface area contributed by atoms with E-state index in [1.165, 1.54) is 30.4 Å². The van der Waals surface area contributed by atoms with Crippen LogP contribution in [0.2, 0.25) is 0 Å². The Kier molecular flexibility index (Phi) is 6.46. The maximum absolute atomic E-state index is 5.65. The highest BCUT2D eigenvalue weighted by atomic mass is 16.5. The molecule has 0 radical (unpaired) electrons. The SMILES string of the molecule is CCOCc1ccc(CNC2CCCC2C2COCCN2)cc1. The van der Waals surface area contributed by atoms with Crippen molar-refractivity contribution in [1.29, 1.82) is 0 Å². The van der Waals surface area contributed by atoms with E-state index in [1.54, 1.807) is 0 Å². The minimum Gasteiger partial charge on any atom is -0.379 e. The maximum Gasteiger partial charge on any atom is 0.0716 e. The van der Waals surface area contributed by atoms with E-state index >= 15 is 0 Å². The van der Waals surface area contributed by atoms with E-state index in [0.717, 1.165) is 32.9 Å². The third kappa shape index (κ3) is 4.77. The zero-order chi connectivity index (χ0) is 15.9. The smallest absolute Gasteiger partial charge is 0.0716 e. The monoisotopic (exact) mass is 318 g/mol. The van der Waals surface area contributed by atoms with E-state index in [4.69, 9.17) is 9.47 Å². The van der Waals surface area contributed by atoms with Crippen LogP contribution in [0, 0.1) is 5.92 Å². The third-order valence-corrected chi connectivity index (χ3v) is 5.10. The van der Waals surface area contributed by atoms with Crippen LogP contribution in [0.15, 0.2) is 24.3 Å². The number of hydrogen-bond donors (Lipinski definition) is 2. The number of ether oxygens (including phenoxy) is 2. The van der Waals surface area contributed by atoms with Crippen molar-refractivity contribution in [3.8, 4) is 0 Å². The van der Waals surface area contributed by atoms with Gasteiger partial charge in [-0.05, 0) is 36.8 Å². The lowest BCUT2D eigenvalue weighted by Gasteiger charge is -2.33. The van der Waals surface area contributed by atoms with Crippen molar-refractivity contribution in [3.05, 3.63) is 35.4 Å². The molecule has 4 heteroatoms. The molecule has 0 amide bonds. The van der Waals surface area contributed by atoms with Crippen molar-refractivity contribution in [1.82, 2.24) is 10.6 Å². The Hall–Kier alpha value is -0.940. The standard InChI is InChI=1S/C19H30N2O2/c1-2-22-13-16-8-6-15(7-9-16)12-21-18-5-3-4-17(18)19-14-23-11-10-20-19/h6-9,17-21H,2-5,10-14H2,1H3. The second kappa shape index (κ2) is 8.78. The molecule has 1 aliphatic heterocycles. The summed E-state index contributed by atoms with van der Waals surface area (Å²) in [5.74, 6) is 0.701. The molecule has 3 rings (SSSR count). The molecule has 2 aliphatic rings. The van der Waals surface area contributed by atoms with Crippen molar-refractivity contribution >= 4 is 0 Å². The van der Waals surface area contributed by atoms with E-state index in [2.05, 4.69) is 34.9 Å². The fourth-order valence-electron chi connectivity index (χ4n) is 3.81. The van der Waals surface area contributed by atoms with Gasteiger partial charge in [0.25, 0.3) is 0 Å². The third-order valence-electron chi connectivity index (χ3n) is 5.10. The normalized spacial score (nSPS) is 28.1. The van der Waals surface area contributed by atoms with E-state index in [9.17, 15) is 0 Å². The Balaban J connectivity index is 1.48. The van der Waals surface area contributed by atoms with Gasteiger partial charge in [-0.2, -0.15) is 0 Å². The van der Waals surface area contributed by atoms with Gasteiger partial charge in [-0.3, -0.25) is 0 Å². The van der Waals surface area contributed by atoms with Crippen molar-refractivity contribution in [2.45, 2.75) is 51.4 Å². The summed E-state index contributed by atoms with van der Waals surface area (Å²) >= 11 is 0. The summed E-state index contributed by atoms with van der Waals surface area (Å²) in [6.45, 7) is 7.18. The summed E-state index contributed by atoms with van der Waals surface area (Å²) in [7, 11) is 0. The second-order valence-electron chi connectivity index (χ2n) is 6.67. The van der Waals surface area contributed by atoms with E-state index in [1.807, 2.05) is 6.92 Å². The van der Waals surface area contributed by atoms with Gasteiger partial charge in [0.2, 0.25) is 0 Å². The average molecular weight is 318 g/mol. The Morgan fingerprint density at radius 1 is 1.22 bits per heavy atom. The van der Waals surface area contributed by atoms with Crippen LogP contribution in [0.1, 0.15) is 37.3 Å². The Bertz CT molecular complexity index is 457. The Labute approximate surface area is 139 Å². The quantitative estimate of drug-likeness (QED) is 0.810. The first-order valence-corrected chi connectivity index (χ1v) is 9.07. The Morgan fingerprint density at radius 2 is 2.04 bits per heavy atom. The lowest BCUT2D eigenvalue weighted by Crippen LogP contribution is -2.50. The van der Waals surface area contributed by atoms with Crippen molar-refractivity contribution in [2.75, 3.05) is 26.4 Å². The van der Waals surface area contributed by atoms with Crippen LogP contribution in [0.4, 0.5) is 0 Å². The zero-order valence-electron chi connectivity index (χ0n) is 14.2. The van der Waals surface area contributed by atoms with Crippen LogP contribution in [0.3, 0.4) is 0 Å². The topological polar surface area (TPSA) is 42.5 Å². The summed E-state index contributed by atoms with van der Waals surface area (Å²) in [5, 5.41) is 7.42.